The van der Waals surface area contributed by atoms with Gasteiger partial charge < -0.3 is 5.11 Å². The summed E-state index contributed by atoms with van der Waals surface area (Å²) < 4.78 is 18.0. The van der Waals surface area contributed by atoms with Crippen LogP contribution in [-0.4, -0.2) is 11.1 Å². The topological polar surface area (TPSA) is 37.3 Å². The molecule has 0 aromatic carbocycles. The third-order valence-corrected chi connectivity index (χ3v) is 13.7. The van der Waals surface area contributed by atoms with E-state index in [-0.39, 0.29) is 11.7 Å². The van der Waals surface area contributed by atoms with E-state index in [0.29, 0.717) is 23.3 Å². The molecule has 4 aliphatic carbocycles. The van der Waals surface area contributed by atoms with Crippen LogP contribution in [0.3, 0.4) is 0 Å². The molecule has 1 N–H and O–H groups in total. The maximum atomic E-state index is 18.0. The molecule has 4 saturated carbocycles. The molecule has 4 fully saturated rings. The first kappa shape index (κ1) is 38.9. The molecule has 272 valence electrons. The number of allylic oxidation sites excluding steroid dienone is 1. The second-order valence-electron chi connectivity index (χ2n) is 17.0. The van der Waals surface area contributed by atoms with Crippen molar-refractivity contribution in [3.05, 3.63) is 11.4 Å². The predicted molar refractivity (Wildman–Crippen MR) is 198 cm³/mol. The Kier molecular flexibility index (Phi) is 18.9. The van der Waals surface area contributed by atoms with Crippen molar-refractivity contribution in [2.75, 3.05) is 0 Å². The van der Waals surface area contributed by atoms with Crippen molar-refractivity contribution < 1.29 is 14.3 Å². The van der Waals surface area contributed by atoms with Crippen LogP contribution < -0.4 is 0 Å². The Labute approximate surface area is 291 Å². The highest BCUT2D eigenvalue weighted by atomic mass is 19.1. The Morgan fingerprint density at radius 1 is 0.383 bits per heavy atom. The molecule has 0 amide bonds. The molecule has 0 spiro atoms. The molecule has 3 heteroatoms. The minimum atomic E-state index is -0.870. The smallest absolute Gasteiger partial charge is 0.334 e. The van der Waals surface area contributed by atoms with Crippen LogP contribution in [0.15, 0.2) is 11.4 Å². The molecule has 4 aliphatic rings. The van der Waals surface area contributed by atoms with Gasteiger partial charge in [-0.25, -0.2) is 9.18 Å². The Bertz CT molecular complexity index is 774. The van der Waals surface area contributed by atoms with E-state index in [9.17, 15) is 9.90 Å². The zero-order chi connectivity index (χ0) is 33.0. The van der Waals surface area contributed by atoms with Crippen molar-refractivity contribution in [3.63, 3.8) is 0 Å². The molecule has 0 heterocycles. The van der Waals surface area contributed by atoms with E-state index >= 15 is 4.39 Å². The average Bonchev–Trinajstić information content (AvgIpc) is 3.09. The molecular weight excluding hydrogens is 579 g/mol. The third kappa shape index (κ3) is 12.2. The second kappa shape index (κ2) is 22.8. The Hall–Kier alpha value is -0.860. The second-order valence-corrected chi connectivity index (χ2v) is 17.0. The van der Waals surface area contributed by atoms with Crippen molar-refractivity contribution in [2.45, 2.75) is 231 Å². The Morgan fingerprint density at radius 3 is 0.830 bits per heavy atom. The first-order chi connectivity index (χ1) is 23.2. The van der Waals surface area contributed by atoms with E-state index in [1.165, 1.54) is 167 Å². The molecule has 4 rings (SSSR count). The molecule has 0 atom stereocenters. The molecule has 0 aromatic heterocycles. The van der Waals surface area contributed by atoms with Gasteiger partial charge in [-0.05, 0) is 69.1 Å². The fourth-order valence-corrected chi connectivity index (χ4v) is 11.2. The summed E-state index contributed by atoms with van der Waals surface area (Å²) in [6.07, 6.45) is 43.3. The van der Waals surface area contributed by atoms with Crippen LogP contribution in [0.5, 0.6) is 0 Å². The van der Waals surface area contributed by atoms with Crippen LogP contribution >= 0.6 is 0 Å². The highest BCUT2D eigenvalue weighted by molar-refractivity contribution is 5.89. The summed E-state index contributed by atoms with van der Waals surface area (Å²) in [6.45, 7) is 0. The minimum Gasteiger partial charge on any atom is -0.478 e. The van der Waals surface area contributed by atoms with Gasteiger partial charge in [0.1, 0.15) is 5.83 Å². The number of carboxylic acid groups (broad SMARTS) is 1. The van der Waals surface area contributed by atoms with Crippen LogP contribution in [0.25, 0.3) is 0 Å². The van der Waals surface area contributed by atoms with E-state index in [0.717, 1.165) is 64.2 Å². The van der Waals surface area contributed by atoms with Gasteiger partial charge in [0.2, 0.25) is 0 Å². The lowest BCUT2D eigenvalue weighted by Gasteiger charge is -2.54. The summed E-state index contributed by atoms with van der Waals surface area (Å²) in [4.78, 5) is 14.2. The lowest BCUT2D eigenvalue weighted by molar-refractivity contribution is -0.137. The number of hydrogen-bond donors (Lipinski definition) is 1. The van der Waals surface area contributed by atoms with Crippen LogP contribution in [0, 0.1) is 29.1 Å². The molecule has 0 aromatic rings. The van der Waals surface area contributed by atoms with E-state index in [2.05, 4.69) is 0 Å². The molecular formula is C44H77FO2. The van der Waals surface area contributed by atoms with Crippen molar-refractivity contribution in [1.29, 1.82) is 0 Å². The van der Waals surface area contributed by atoms with Gasteiger partial charge in [-0.2, -0.15) is 0 Å². The van der Waals surface area contributed by atoms with Gasteiger partial charge in [0, 0.05) is 11.3 Å². The summed E-state index contributed by atoms with van der Waals surface area (Å²) >= 11 is 0. The summed E-state index contributed by atoms with van der Waals surface area (Å²) in [6, 6.07) is 0. The van der Waals surface area contributed by atoms with E-state index in [4.69, 9.17) is 0 Å². The van der Waals surface area contributed by atoms with Crippen molar-refractivity contribution >= 4 is 5.97 Å². The molecule has 47 heavy (non-hydrogen) atoms. The largest absolute Gasteiger partial charge is 0.478 e. The molecule has 0 aliphatic heterocycles. The van der Waals surface area contributed by atoms with Crippen LogP contribution in [0.1, 0.15) is 231 Å². The summed E-state index contributed by atoms with van der Waals surface area (Å²) in [7, 11) is 0. The lowest BCUT2D eigenvalue weighted by atomic mass is 9.49. The number of aliphatic carboxylic acids is 1. The van der Waals surface area contributed by atoms with Crippen LogP contribution in [0.4, 0.5) is 4.39 Å². The fraction of sp³-hybridized carbons (Fsp3) is 0.932. The number of carboxylic acids is 1. The third-order valence-electron chi connectivity index (χ3n) is 13.7. The number of rotatable bonds is 6. The summed E-state index contributed by atoms with van der Waals surface area (Å²) in [5, 5.41) is 11.6. The number of halogens is 1. The van der Waals surface area contributed by atoms with E-state index in [1.807, 2.05) is 0 Å². The van der Waals surface area contributed by atoms with Crippen LogP contribution in [-0.2, 0) is 4.79 Å². The molecule has 0 unspecified atom stereocenters. The van der Waals surface area contributed by atoms with Gasteiger partial charge in [-0.3, -0.25) is 0 Å². The van der Waals surface area contributed by atoms with Gasteiger partial charge in [-0.15, -0.1) is 0 Å². The fourth-order valence-electron chi connectivity index (χ4n) is 11.2. The highest BCUT2D eigenvalue weighted by Gasteiger charge is 2.55. The normalized spacial score (nSPS) is 26.1. The molecule has 0 saturated heterocycles. The standard InChI is InChI=1S/C44H77FO2/c45-42(37-29-21-13-5-1-6-14-22-30-37)41(43(46)47)44(38-31-23-15-7-2-8-16-24-32-38,39-33-25-17-9-3-10-18-26-34-39)40-35-27-19-11-4-12-20-28-36-40/h37-40H,1-36H2,(H,46,47). The van der Waals surface area contributed by atoms with Gasteiger partial charge in [-0.1, -0.05) is 180 Å². The van der Waals surface area contributed by atoms with E-state index in [1.54, 1.807) is 0 Å². The molecule has 0 radical (unpaired) electrons. The van der Waals surface area contributed by atoms with Crippen molar-refractivity contribution in [3.8, 4) is 0 Å². The van der Waals surface area contributed by atoms with Crippen molar-refractivity contribution in [2.24, 2.45) is 29.1 Å². The van der Waals surface area contributed by atoms with Gasteiger partial charge >= 0.3 is 5.97 Å². The monoisotopic (exact) mass is 657 g/mol. The maximum Gasteiger partial charge on any atom is 0.334 e. The number of carbonyl (C=O) groups is 1. The lowest BCUT2D eigenvalue weighted by Crippen LogP contribution is -2.49. The predicted octanol–water partition coefficient (Wildman–Crippen LogP) is 14.8. The molecule has 2 nitrogen and oxygen atoms in total. The van der Waals surface area contributed by atoms with Gasteiger partial charge in [0.15, 0.2) is 0 Å². The highest BCUT2D eigenvalue weighted by Crippen LogP contribution is 2.60. The minimum absolute atomic E-state index is 0.135. The first-order valence-corrected chi connectivity index (χ1v) is 21.8. The zero-order valence-corrected chi connectivity index (χ0v) is 31.0. The maximum absolute atomic E-state index is 18.0. The quantitative estimate of drug-likeness (QED) is 0.289. The SMILES string of the molecule is O=C(O)C(=C(F)C1CCCCCCCCC1)C(C1CCCCCCCCC1)(C1CCCCCCCCC1)C1CCCCCCCCC1. The number of hydrogen-bond acceptors (Lipinski definition) is 1. The summed E-state index contributed by atoms with van der Waals surface area (Å²) in [5.41, 5.74) is -0.172. The summed E-state index contributed by atoms with van der Waals surface area (Å²) in [5.74, 6) is -0.291. The molecule has 0 bridgehead atoms. The van der Waals surface area contributed by atoms with Crippen molar-refractivity contribution in [1.82, 2.24) is 0 Å². The Balaban J connectivity index is 1.92. The van der Waals surface area contributed by atoms with Crippen LogP contribution in [0.2, 0.25) is 0 Å². The zero-order valence-electron chi connectivity index (χ0n) is 31.0. The first-order valence-electron chi connectivity index (χ1n) is 21.8. The Morgan fingerprint density at radius 2 is 0.596 bits per heavy atom. The van der Waals surface area contributed by atoms with Gasteiger partial charge in [0.25, 0.3) is 0 Å². The van der Waals surface area contributed by atoms with Gasteiger partial charge in [0.05, 0.1) is 5.57 Å². The van der Waals surface area contributed by atoms with E-state index < -0.39 is 11.4 Å². The average molecular weight is 657 g/mol.